The minimum absolute atomic E-state index is 0.279. The molecule has 4 aliphatic rings. The Kier molecular flexibility index (Phi) is 5.59. The summed E-state index contributed by atoms with van der Waals surface area (Å²) in [7, 11) is 0. The first kappa shape index (κ1) is 21.6. The molecule has 0 aliphatic heterocycles. The van der Waals surface area contributed by atoms with E-state index in [1.54, 1.807) is 0 Å². The van der Waals surface area contributed by atoms with Crippen LogP contribution in [-0.4, -0.2) is 16.5 Å². The molecule has 3 fully saturated rings. The van der Waals surface area contributed by atoms with E-state index >= 15 is 0 Å². The zero-order valence-corrected chi connectivity index (χ0v) is 19.6. The van der Waals surface area contributed by atoms with Crippen molar-refractivity contribution in [3.63, 3.8) is 0 Å². The number of rotatable bonds is 4. The van der Waals surface area contributed by atoms with E-state index in [2.05, 4.69) is 26.8 Å². The lowest BCUT2D eigenvalue weighted by atomic mass is 9.48. The highest BCUT2D eigenvalue weighted by Gasteiger charge is 2.58. The van der Waals surface area contributed by atoms with Gasteiger partial charge in [-0.15, -0.1) is 0 Å². The first-order valence-electron chi connectivity index (χ1n) is 12.5. The molecule has 0 aromatic rings. The van der Waals surface area contributed by atoms with Crippen molar-refractivity contribution < 1.29 is 9.90 Å². The van der Waals surface area contributed by atoms with Gasteiger partial charge in [-0.1, -0.05) is 32.4 Å². The van der Waals surface area contributed by atoms with Crippen LogP contribution in [0.25, 0.3) is 0 Å². The van der Waals surface area contributed by atoms with Crippen LogP contribution in [-0.2, 0) is 4.79 Å². The maximum absolute atomic E-state index is 12.3. The fourth-order valence-electron chi connectivity index (χ4n) is 8.49. The fourth-order valence-corrected chi connectivity index (χ4v) is 8.49. The van der Waals surface area contributed by atoms with Crippen LogP contribution in [0.2, 0.25) is 0 Å². The van der Waals surface area contributed by atoms with Crippen LogP contribution in [0.4, 0.5) is 0 Å². The number of ketones is 1. The number of allylic oxidation sites excluding steroid dienone is 2. The van der Waals surface area contributed by atoms with Crippen LogP contribution in [0.15, 0.2) is 11.6 Å². The van der Waals surface area contributed by atoms with Gasteiger partial charge in [0.25, 0.3) is 0 Å². The number of hydrogen-bond donors (Lipinski definition) is 1. The SMILES string of the molecule is C[C@H](CCC(C)(C)O)[C@H]1CC[C@H]2[C@@H]3CC=C4CC(=O)CCC[C@]4(C)[C@H]3CC[C@]12C. The van der Waals surface area contributed by atoms with Gasteiger partial charge < -0.3 is 5.11 Å². The van der Waals surface area contributed by atoms with Crippen molar-refractivity contribution in [1.29, 1.82) is 0 Å². The highest BCUT2D eigenvalue weighted by atomic mass is 16.3. The van der Waals surface area contributed by atoms with Gasteiger partial charge in [-0.05, 0) is 112 Å². The average Bonchev–Trinajstić information content (AvgIpc) is 2.90. The standard InChI is InChI=1S/C27H44O2/c1-18(12-15-25(2,3)29)22-10-11-23-21-9-8-19-17-20(28)7-6-14-26(19,4)24(21)13-16-27(22,23)5/h8,18,21-24,29H,6-7,9-17H2,1-5H3/t18-,21+,22-,23+,24+,26+,27-/m1/s1. The Hall–Kier alpha value is -0.630. The second-order valence-electron chi connectivity index (χ2n) is 12.4. The molecule has 4 rings (SSSR count). The van der Waals surface area contributed by atoms with Crippen molar-refractivity contribution in [1.82, 2.24) is 0 Å². The molecular weight excluding hydrogens is 356 g/mol. The quantitative estimate of drug-likeness (QED) is 0.532. The van der Waals surface area contributed by atoms with Crippen LogP contribution in [0.5, 0.6) is 0 Å². The van der Waals surface area contributed by atoms with Gasteiger partial charge in [-0.3, -0.25) is 4.79 Å². The third-order valence-electron chi connectivity index (χ3n) is 10.1. The molecular formula is C27H44O2. The second kappa shape index (κ2) is 7.50. The third kappa shape index (κ3) is 3.77. The topological polar surface area (TPSA) is 37.3 Å². The summed E-state index contributed by atoms with van der Waals surface area (Å²) in [6.07, 6.45) is 15.1. The molecule has 0 saturated heterocycles. The van der Waals surface area contributed by atoms with E-state index in [-0.39, 0.29) is 5.41 Å². The van der Waals surface area contributed by atoms with Crippen LogP contribution in [0.3, 0.4) is 0 Å². The second-order valence-corrected chi connectivity index (χ2v) is 12.4. The smallest absolute Gasteiger partial charge is 0.136 e. The summed E-state index contributed by atoms with van der Waals surface area (Å²) < 4.78 is 0. The predicted octanol–water partition coefficient (Wildman–Crippen LogP) is 6.71. The molecule has 0 radical (unpaired) electrons. The first-order chi connectivity index (χ1) is 13.5. The number of hydrogen-bond acceptors (Lipinski definition) is 2. The molecule has 0 bridgehead atoms. The lowest BCUT2D eigenvalue weighted by Gasteiger charge is -2.57. The van der Waals surface area contributed by atoms with Gasteiger partial charge in [0.1, 0.15) is 5.78 Å². The first-order valence-corrected chi connectivity index (χ1v) is 12.5. The molecule has 0 unspecified atom stereocenters. The highest BCUT2D eigenvalue weighted by Crippen LogP contribution is 2.67. The molecule has 164 valence electrons. The van der Waals surface area contributed by atoms with Gasteiger partial charge in [-0.25, -0.2) is 0 Å². The maximum Gasteiger partial charge on any atom is 0.136 e. The van der Waals surface area contributed by atoms with Crippen molar-refractivity contribution in [2.75, 3.05) is 0 Å². The zero-order valence-electron chi connectivity index (χ0n) is 19.6. The molecule has 29 heavy (non-hydrogen) atoms. The number of carbonyl (C=O) groups excluding carboxylic acids is 1. The van der Waals surface area contributed by atoms with E-state index < -0.39 is 5.60 Å². The lowest BCUT2D eigenvalue weighted by Crippen LogP contribution is -2.49. The van der Waals surface area contributed by atoms with Gasteiger partial charge in [-0.2, -0.15) is 0 Å². The summed E-state index contributed by atoms with van der Waals surface area (Å²) in [6, 6.07) is 0. The van der Waals surface area contributed by atoms with E-state index in [4.69, 9.17) is 0 Å². The van der Waals surface area contributed by atoms with Gasteiger partial charge in [0.15, 0.2) is 0 Å². The summed E-state index contributed by atoms with van der Waals surface area (Å²) >= 11 is 0. The summed E-state index contributed by atoms with van der Waals surface area (Å²) in [5.41, 5.74) is 1.71. The van der Waals surface area contributed by atoms with Crippen LogP contribution >= 0.6 is 0 Å². The van der Waals surface area contributed by atoms with Gasteiger partial charge in [0, 0.05) is 12.8 Å². The molecule has 0 aromatic heterocycles. The predicted molar refractivity (Wildman–Crippen MR) is 120 cm³/mol. The van der Waals surface area contributed by atoms with E-state index in [0.29, 0.717) is 17.1 Å². The minimum Gasteiger partial charge on any atom is -0.390 e. The molecule has 0 amide bonds. The van der Waals surface area contributed by atoms with Gasteiger partial charge >= 0.3 is 0 Å². The Morgan fingerprint density at radius 3 is 2.66 bits per heavy atom. The van der Waals surface area contributed by atoms with Crippen molar-refractivity contribution in [2.45, 2.75) is 111 Å². The number of fused-ring (bicyclic) bond motifs is 5. The van der Waals surface area contributed by atoms with E-state index in [9.17, 15) is 9.90 Å². The highest BCUT2D eigenvalue weighted by molar-refractivity contribution is 5.81. The van der Waals surface area contributed by atoms with Crippen molar-refractivity contribution in [3.8, 4) is 0 Å². The molecule has 0 spiro atoms. The summed E-state index contributed by atoms with van der Waals surface area (Å²) in [5, 5.41) is 10.2. The van der Waals surface area contributed by atoms with E-state index in [1.807, 2.05) is 13.8 Å². The van der Waals surface area contributed by atoms with E-state index in [1.165, 1.54) is 44.1 Å². The molecule has 4 aliphatic carbocycles. The number of carbonyl (C=O) groups is 1. The molecule has 0 aromatic carbocycles. The van der Waals surface area contributed by atoms with Crippen molar-refractivity contribution >= 4 is 5.78 Å². The van der Waals surface area contributed by atoms with E-state index in [0.717, 1.165) is 55.8 Å². The Balaban J connectivity index is 1.54. The monoisotopic (exact) mass is 400 g/mol. The molecule has 3 saturated carbocycles. The molecule has 7 atom stereocenters. The Bertz CT molecular complexity index is 671. The Morgan fingerprint density at radius 1 is 1.17 bits per heavy atom. The molecule has 0 heterocycles. The Labute approximate surface area is 178 Å². The molecule has 2 nitrogen and oxygen atoms in total. The largest absolute Gasteiger partial charge is 0.390 e. The van der Waals surface area contributed by atoms with Crippen molar-refractivity contribution in [3.05, 3.63) is 11.6 Å². The Morgan fingerprint density at radius 2 is 1.93 bits per heavy atom. The zero-order chi connectivity index (χ0) is 21.0. The van der Waals surface area contributed by atoms with Crippen LogP contribution < -0.4 is 0 Å². The summed E-state index contributed by atoms with van der Waals surface area (Å²) in [4.78, 5) is 12.3. The summed E-state index contributed by atoms with van der Waals surface area (Å²) in [6.45, 7) is 11.5. The van der Waals surface area contributed by atoms with Gasteiger partial charge in [0.05, 0.1) is 5.60 Å². The summed E-state index contributed by atoms with van der Waals surface area (Å²) in [5.74, 6) is 4.45. The van der Waals surface area contributed by atoms with Crippen molar-refractivity contribution in [2.24, 2.45) is 40.4 Å². The third-order valence-corrected chi connectivity index (χ3v) is 10.1. The van der Waals surface area contributed by atoms with Gasteiger partial charge in [0.2, 0.25) is 0 Å². The molecule has 2 heteroatoms. The minimum atomic E-state index is -0.541. The normalized spacial score (nSPS) is 43.7. The number of aliphatic hydroxyl groups is 1. The fraction of sp³-hybridized carbons (Fsp3) is 0.889. The average molecular weight is 401 g/mol. The van der Waals surface area contributed by atoms with Crippen LogP contribution in [0.1, 0.15) is 105 Å². The lowest BCUT2D eigenvalue weighted by molar-refractivity contribution is -0.118. The number of Topliss-reactive ketones (excluding diaryl/α,β-unsaturated/α-hetero) is 1. The van der Waals surface area contributed by atoms with Crippen LogP contribution in [0, 0.1) is 40.4 Å². The molecule has 1 N–H and O–H groups in total. The maximum atomic E-state index is 12.3.